The molecule has 1 atom stereocenters. The highest BCUT2D eigenvalue weighted by atomic mass is 32.2. The monoisotopic (exact) mass is 271 g/mol. The van der Waals surface area contributed by atoms with Gasteiger partial charge in [-0.3, -0.25) is 0 Å². The number of hydrogen-bond donors (Lipinski definition) is 2. The van der Waals surface area contributed by atoms with Crippen molar-refractivity contribution in [2.45, 2.75) is 19.1 Å². The van der Waals surface area contributed by atoms with E-state index in [1.54, 1.807) is 31.2 Å². The van der Waals surface area contributed by atoms with Gasteiger partial charge in [-0.05, 0) is 12.5 Å². The first kappa shape index (κ1) is 14.7. The molecule has 0 spiro atoms. The van der Waals surface area contributed by atoms with Crippen molar-refractivity contribution in [3.05, 3.63) is 35.4 Å². The summed E-state index contributed by atoms with van der Waals surface area (Å²) in [4.78, 5) is 0. The van der Waals surface area contributed by atoms with Gasteiger partial charge in [0.05, 0.1) is 6.61 Å². The fraction of sp³-hybridized carbons (Fsp3) is 0.417. The van der Waals surface area contributed by atoms with E-state index in [-0.39, 0.29) is 11.5 Å². The lowest BCUT2D eigenvalue weighted by Crippen LogP contribution is -2.36. The number of benzene rings is 1. The molecule has 0 aromatic heterocycles. The third-order valence-electron chi connectivity index (χ3n) is 2.84. The summed E-state index contributed by atoms with van der Waals surface area (Å²) in [6, 6.07) is 6.97. The molecule has 1 aromatic carbocycles. The molecule has 0 aliphatic rings. The highest BCUT2D eigenvalue weighted by molar-refractivity contribution is 7.92. The topological polar surface area (TPSA) is 87.0 Å². The van der Waals surface area contributed by atoms with Crippen LogP contribution in [0, 0.1) is 6.92 Å². The number of aliphatic hydroxyl groups is 1. The molecule has 100 valence electrons. The molecule has 1 unspecified atom stereocenters. The molecule has 0 fully saturated rings. The van der Waals surface area contributed by atoms with Gasteiger partial charge >= 0.3 is 0 Å². The van der Waals surface area contributed by atoms with Crippen LogP contribution < -0.4 is 0 Å². The second-order valence-corrected chi connectivity index (χ2v) is 6.40. The minimum absolute atomic E-state index is 0.0162. The Labute approximate surface area is 107 Å². The van der Waals surface area contributed by atoms with Crippen LogP contribution in [-0.2, 0) is 9.84 Å². The van der Waals surface area contributed by atoms with E-state index in [9.17, 15) is 13.5 Å². The molecule has 5 nitrogen and oxygen atoms in total. The van der Waals surface area contributed by atoms with E-state index in [4.69, 9.17) is 5.21 Å². The van der Waals surface area contributed by atoms with E-state index < -0.39 is 21.7 Å². The maximum absolute atomic E-state index is 11.9. The van der Waals surface area contributed by atoms with Crippen LogP contribution in [0.2, 0.25) is 0 Å². The predicted octanol–water partition coefficient (Wildman–Crippen LogP) is 0.969. The third-order valence-corrected chi connectivity index (χ3v) is 4.88. The van der Waals surface area contributed by atoms with Crippen molar-refractivity contribution < 1.29 is 18.7 Å². The van der Waals surface area contributed by atoms with Crippen molar-refractivity contribution in [2.75, 3.05) is 12.4 Å². The number of nitrogens with zero attached hydrogens (tertiary/aromatic N) is 1. The molecule has 18 heavy (non-hydrogen) atoms. The molecule has 2 N–H and O–H groups in total. The van der Waals surface area contributed by atoms with E-state index in [1.165, 1.54) is 6.92 Å². The molecule has 1 aromatic rings. The van der Waals surface area contributed by atoms with Crippen LogP contribution in [0.3, 0.4) is 0 Å². The Morgan fingerprint density at radius 1 is 1.39 bits per heavy atom. The minimum Gasteiger partial charge on any atom is -0.411 e. The van der Waals surface area contributed by atoms with E-state index in [1.807, 2.05) is 0 Å². The highest BCUT2D eigenvalue weighted by Crippen LogP contribution is 2.16. The Morgan fingerprint density at radius 2 is 2.00 bits per heavy atom. The highest BCUT2D eigenvalue weighted by Gasteiger charge is 2.30. The zero-order valence-electron chi connectivity index (χ0n) is 10.4. The number of aryl methyl sites for hydroxylation is 1. The first-order valence-corrected chi connectivity index (χ1v) is 7.29. The van der Waals surface area contributed by atoms with Gasteiger partial charge in [-0.1, -0.05) is 36.3 Å². The van der Waals surface area contributed by atoms with Gasteiger partial charge in [0, 0.05) is 11.3 Å². The molecule has 0 heterocycles. The van der Waals surface area contributed by atoms with Gasteiger partial charge < -0.3 is 10.3 Å². The molecule has 0 aliphatic heterocycles. The average Bonchev–Trinajstić information content (AvgIpc) is 2.36. The van der Waals surface area contributed by atoms with E-state index in [0.717, 1.165) is 5.56 Å². The smallest absolute Gasteiger partial charge is 0.161 e. The molecule has 0 radical (unpaired) electrons. The summed E-state index contributed by atoms with van der Waals surface area (Å²) >= 11 is 0. The van der Waals surface area contributed by atoms with Gasteiger partial charge in [-0.25, -0.2) is 8.42 Å². The second-order valence-electron chi connectivity index (χ2n) is 3.92. The van der Waals surface area contributed by atoms with E-state index >= 15 is 0 Å². The van der Waals surface area contributed by atoms with Crippen LogP contribution in [0.15, 0.2) is 29.4 Å². The number of rotatable bonds is 5. The Balaban J connectivity index is 3.31. The normalized spacial score (nSPS) is 14.5. The maximum atomic E-state index is 11.9. The average molecular weight is 271 g/mol. The Bertz CT molecular complexity index is 537. The van der Waals surface area contributed by atoms with Crippen LogP contribution in [0.25, 0.3) is 0 Å². The van der Waals surface area contributed by atoms with Crippen LogP contribution in [-0.4, -0.2) is 42.1 Å². The van der Waals surface area contributed by atoms with Crippen LogP contribution in [0.5, 0.6) is 0 Å². The standard InChI is InChI=1S/C12H17NO4S/c1-3-18(16,17)11(8-14)12(13-15)10-7-5-4-6-9(10)2/h4-7,11,14-15H,3,8H2,1-2H3/b13-12+. The predicted molar refractivity (Wildman–Crippen MR) is 69.8 cm³/mol. The van der Waals surface area contributed by atoms with Crippen molar-refractivity contribution in [3.8, 4) is 0 Å². The van der Waals surface area contributed by atoms with Crippen LogP contribution in [0.4, 0.5) is 0 Å². The lowest BCUT2D eigenvalue weighted by Gasteiger charge is -2.17. The SMILES string of the molecule is CCS(=O)(=O)C(CO)/C(=N/O)c1ccccc1C. The Kier molecular flexibility index (Phi) is 4.86. The maximum Gasteiger partial charge on any atom is 0.161 e. The molecule has 0 bridgehead atoms. The van der Waals surface area contributed by atoms with Crippen molar-refractivity contribution >= 4 is 15.5 Å². The van der Waals surface area contributed by atoms with Crippen molar-refractivity contribution in [2.24, 2.45) is 5.16 Å². The fourth-order valence-corrected chi connectivity index (χ4v) is 2.87. The lowest BCUT2D eigenvalue weighted by atomic mass is 10.0. The Morgan fingerprint density at radius 3 is 2.44 bits per heavy atom. The third kappa shape index (κ3) is 2.88. The summed E-state index contributed by atoms with van der Waals surface area (Å²) in [6.07, 6.45) is 0. The molecular weight excluding hydrogens is 254 g/mol. The van der Waals surface area contributed by atoms with Crippen molar-refractivity contribution in [1.82, 2.24) is 0 Å². The minimum atomic E-state index is -3.53. The van der Waals surface area contributed by atoms with E-state index in [2.05, 4.69) is 5.16 Å². The van der Waals surface area contributed by atoms with Crippen molar-refractivity contribution in [3.63, 3.8) is 0 Å². The quantitative estimate of drug-likeness (QED) is 0.474. The van der Waals surface area contributed by atoms with Gasteiger partial charge in [0.2, 0.25) is 0 Å². The first-order valence-electron chi connectivity index (χ1n) is 5.58. The molecule has 0 saturated heterocycles. The number of aliphatic hydroxyl groups excluding tert-OH is 1. The molecule has 1 rings (SSSR count). The molecule has 6 heteroatoms. The molecule has 0 amide bonds. The summed E-state index contributed by atoms with van der Waals surface area (Å²) < 4.78 is 23.7. The van der Waals surface area contributed by atoms with Gasteiger partial charge in [0.15, 0.2) is 9.84 Å². The summed E-state index contributed by atoms with van der Waals surface area (Å²) in [5.74, 6) is -0.122. The molecule has 0 aliphatic carbocycles. The Hall–Kier alpha value is -1.40. The number of oxime groups is 1. The number of hydrogen-bond acceptors (Lipinski definition) is 5. The molecular formula is C12H17NO4S. The lowest BCUT2D eigenvalue weighted by molar-refractivity contribution is 0.296. The fourth-order valence-electron chi connectivity index (χ4n) is 1.72. The second kappa shape index (κ2) is 5.97. The van der Waals surface area contributed by atoms with Crippen LogP contribution in [0.1, 0.15) is 18.1 Å². The zero-order chi connectivity index (χ0) is 13.8. The molecule has 0 saturated carbocycles. The van der Waals surface area contributed by atoms with Gasteiger partial charge in [0.1, 0.15) is 11.0 Å². The van der Waals surface area contributed by atoms with Crippen LogP contribution >= 0.6 is 0 Å². The summed E-state index contributed by atoms with van der Waals surface area (Å²) in [6.45, 7) is 2.67. The van der Waals surface area contributed by atoms with E-state index in [0.29, 0.717) is 5.56 Å². The largest absolute Gasteiger partial charge is 0.411 e. The van der Waals surface area contributed by atoms with Gasteiger partial charge in [-0.2, -0.15) is 0 Å². The number of sulfone groups is 1. The zero-order valence-corrected chi connectivity index (χ0v) is 11.2. The summed E-state index contributed by atoms with van der Waals surface area (Å²) in [7, 11) is -3.53. The van der Waals surface area contributed by atoms with Gasteiger partial charge in [0.25, 0.3) is 0 Å². The first-order chi connectivity index (χ1) is 8.47. The van der Waals surface area contributed by atoms with Crippen molar-refractivity contribution in [1.29, 1.82) is 0 Å². The summed E-state index contributed by atoms with van der Waals surface area (Å²) in [5, 5.41) is 20.2. The summed E-state index contributed by atoms with van der Waals surface area (Å²) in [5.41, 5.74) is 1.29. The van der Waals surface area contributed by atoms with Gasteiger partial charge in [-0.15, -0.1) is 0 Å².